The number of aryl methyl sites for hydroxylation is 2. The van der Waals surface area contributed by atoms with Crippen molar-refractivity contribution in [3.63, 3.8) is 0 Å². The Labute approximate surface area is 377 Å². The maximum absolute atomic E-state index is 14.0. The van der Waals surface area contributed by atoms with Gasteiger partial charge in [0, 0.05) is 33.4 Å². The van der Waals surface area contributed by atoms with Crippen LogP contribution in [-0.2, 0) is 37.1 Å². The van der Waals surface area contributed by atoms with Gasteiger partial charge in [0.1, 0.15) is 35.8 Å². The summed E-state index contributed by atoms with van der Waals surface area (Å²) in [6, 6.07) is 45.7. The fraction of sp³-hybridized carbons (Fsp3) is 0.379. The average molecular weight is 843 g/mol. The van der Waals surface area contributed by atoms with Crippen molar-refractivity contribution in [2.75, 3.05) is 26.3 Å². The SMILES string of the molecule is CCCC[N+]1(CCCC)Cc2c(C(O)(c3ccccc3)c3ccccc3)cc(CCC)c3c2-c2c(c(C(O)(c4ccccc4)c4ccccc4)cc(CCC)c2OCCCCO3)C1. The Morgan fingerprint density at radius 3 is 1.11 bits per heavy atom. The van der Waals surface area contributed by atoms with E-state index >= 15 is 0 Å². The van der Waals surface area contributed by atoms with Gasteiger partial charge in [-0.15, -0.1) is 0 Å². The van der Waals surface area contributed by atoms with Crippen LogP contribution in [0.25, 0.3) is 11.1 Å². The largest absolute Gasteiger partial charge is 0.493 e. The quantitative estimate of drug-likeness (QED) is 0.0753. The number of hydrogen-bond acceptors (Lipinski definition) is 4. The molecular weight excluding hydrogens is 775 g/mol. The predicted molar refractivity (Wildman–Crippen MR) is 257 cm³/mol. The van der Waals surface area contributed by atoms with Crippen LogP contribution in [0.15, 0.2) is 133 Å². The molecule has 2 heterocycles. The van der Waals surface area contributed by atoms with Gasteiger partial charge in [0.05, 0.1) is 26.3 Å². The van der Waals surface area contributed by atoms with Gasteiger partial charge in [0.25, 0.3) is 0 Å². The highest BCUT2D eigenvalue weighted by Gasteiger charge is 2.47. The molecule has 8 rings (SSSR count). The van der Waals surface area contributed by atoms with Crippen LogP contribution < -0.4 is 9.47 Å². The topological polar surface area (TPSA) is 58.9 Å². The molecule has 0 amide bonds. The van der Waals surface area contributed by atoms with E-state index in [9.17, 15) is 10.2 Å². The van der Waals surface area contributed by atoms with Gasteiger partial charge < -0.3 is 24.2 Å². The molecule has 0 saturated heterocycles. The van der Waals surface area contributed by atoms with E-state index in [1.165, 1.54) is 0 Å². The van der Waals surface area contributed by atoms with Gasteiger partial charge in [-0.1, -0.05) is 175 Å². The van der Waals surface area contributed by atoms with E-state index in [1.54, 1.807) is 0 Å². The molecule has 0 spiro atoms. The second-order valence-electron chi connectivity index (χ2n) is 18.1. The zero-order valence-electron chi connectivity index (χ0n) is 38.2. The molecule has 6 aromatic rings. The normalized spacial score (nSPS) is 14.8. The summed E-state index contributed by atoms with van der Waals surface area (Å²) < 4.78 is 15.2. The number of aliphatic hydroxyl groups is 2. The number of quaternary nitrogens is 1. The molecule has 0 aliphatic carbocycles. The fourth-order valence-electron chi connectivity index (χ4n) is 10.6. The Morgan fingerprint density at radius 1 is 0.476 bits per heavy atom. The van der Waals surface area contributed by atoms with Crippen molar-refractivity contribution in [1.82, 2.24) is 0 Å². The third-order valence-electron chi connectivity index (χ3n) is 13.8. The van der Waals surface area contributed by atoms with Crippen LogP contribution in [0.5, 0.6) is 11.5 Å². The molecule has 0 bridgehead atoms. The molecule has 328 valence electrons. The van der Waals surface area contributed by atoms with Crippen molar-refractivity contribution in [3.05, 3.63) is 189 Å². The highest BCUT2D eigenvalue weighted by molar-refractivity contribution is 5.87. The van der Waals surface area contributed by atoms with E-state index in [0.29, 0.717) is 26.3 Å². The Morgan fingerprint density at radius 2 is 0.810 bits per heavy atom. The molecule has 2 N–H and O–H groups in total. The van der Waals surface area contributed by atoms with Crippen LogP contribution in [-0.4, -0.2) is 41.0 Å². The maximum atomic E-state index is 14.0. The van der Waals surface area contributed by atoms with Gasteiger partial charge in [-0.05, 0) is 84.0 Å². The molecule has 6 aromatic carbocycles. The molecule has 0 radical (unpaired) electrons. The van der Waals surface area contributed by atoms with Gasteiger partial charge in [-0.3, -0.25) is 0 Å². The Bertz CT molecular complexity index is 2180. The van der Waals surface area contributed by atoms with Crippen LogP contribution in [0, 0.1) is 0 Å². The monoisotopic (exact) mass is 843 g/mol. The van der Waals surface area contributed by atoms with E-state index in [1.807, 2.05) is 72.8 Å². The number of hydrogen-bond donors (Lipinski definition) is 2. The standard InChI is InChI=1S/C58H68NO4/c1-5-9-35-59(36-10-6-2)41-49-51(57(60,45-27-15-11-16-28-45)46-29-17-12-18-30-46)39-43(25-7-3)55-53(49)54-50(42-59)52(40-44(26-8-4)56(54)63-38-24-23-37-62-55)58(61,47-31-19-13-20-32-47)48-33-21-14-22-34-48/h11-22,27-34,39-40,60-61H,5-10,23-26,35-38,41-42H2,1-4H3/q+1. The van der Waals surface area contributed by atoms with E-state index in [2.05, 4.69) is 88.4 Å². The first-order valence-electron chi connectivity index (χ1n) is 24.0. The zero-order valence-corrected chi connectivity index (χ0v) is 38.2. The third kappa shape index (κ3) is 8.48. The summed E-state index contributed by atoms with van der Waals surface area (Å²) in [5.74, 6) is 1.81. The first-order chi connectivity index (χ1) is 30.8. The van der Waals surface area contributed by atoms with E-state index < -0.39 is 11.2 Å². The second-order valence-corrected chi connectivity index (χ2v) is 18.1. The summed E-state index contributed by atoms with van der Waals surface area (Å²) in [4.78, 5) is 0. The smallest absolute Gasteiger partial charge is 0.141 e. The second kappa shape index (κ2) is 19.7. The van der Waals surface area contributed by atoms with Crippen LogP contribution in [0.2, 0.25) is 0 Å². The highest BCUT2D eigenvalue weighted by Crippen LogP contribution is 2.56. The molecule has 5 heteroatoms. The summed E-state index contributed by atoms with van der Waals surface area (Å²) >= 11 is 0. The van der Waals surface area contributed by atoms with E-state index in [-0.39, 0.29) is 0 Å². The molecule has 2 aliphatic rings. The molecule has 5 nitrogen and oxygen atoms in total. The van der Waals surface area contributed by atoms with Crippen molar-refractivity contribution in [3.8, 4) is 22.6 Å². The first kappa shape index (κ1) is 44.4. The lowest BCUT2D eigenvalue weighted by Crippen LogP contribution is -2.48. The lowest BCUT2D eigenvalue weighted by Gasteiger charge is -2.41. The summed E-state index contributed by atoms with van der Waals surface area (Å²) in [6.07, 6.45) is 9.37. The fourth-order valence-corrected chi connectivity index (χ4v) is 10.6. The predicted octanol–water partition coefficient (Wildman–Crippen LogP) is 12.8. The minimum atomic E-state index is -1.49. The van der Waals surface area contributed by atoms with Crippen LogP contribution in [0.4, 0.5) is 0 Å². The molecule has 0 atom stereocenters. The Balaban J connectivity index is 1.62. The van der Waals surface area contributed by atoms with Gasteiger partial charge >= 0.3 is 0 Å². The molecule has 0 aromatic heterocycles. The third-order valence-corrected chi connectivity index (χ3v) is 13.8. The number of benzene rings is 6. The van der Waals surface area contributed by atoms with Crippen LogP contribution in [0.1, 0.15) is 135 Å². The lowest BCUT2D eigenvalue weighted by molar-refractivity contribution is -0.953. The van der Waals surface area contributed by atoms with Gasteiger partial charge in [-0.25, -0.2) is 0 Å². The zero-order chi connectivity index (χ0) is 43.9. The summed E-state index contributed by atoms with van der Waals surface area (Å²) in [5, 5.41) is 28.1. The highest BCUT2D eigenvalue weighted by atomic mass is 16.5. The number of rotatable bonds is 16. The minimum Gasteiger partial charge on any atom is -0.493 e. The van der Waals surface area contributed by atoms with Gasteiger partial charge in [0.2, 0.25) is 0 Å². The summed E-state index contributed by atoms with van der Waals surface area (Å²) in [5.41, 5.74) is 8.64. The number of unbranched alkanes of at least 4 members (excludes halogenated alkanes) is 2. The van der Waals surface area contributed by atoms with E-state index in [4.69, 9.17) is 9.47 Å². The summed E-state index contributed by atoms with van der Waals surface area (Å²) in [6.45, 7) is 13.5. The molecule has 63 heavy (non-hydrogen) atoms. The Kier molecular flexibility index (Phi) is 13.9. The number of ether oxygens (including phenoxy) is 2. The van der Waals surface area contributed by atoms with E-state index in [0.717, 1.165) is 160 Å². The molecule has 0 saturated carbocycles. The summed E-state index contributed by atoms with van der Waals surface area (Å²) in [7, 11) is 0. The minimum absolute atomic E-state index is 0.573. The van der Waals surface area contributed by atoms with Crippen molar-refractivity contribution in [2.45, 2.75) is 116 Å². The number of nitrogens with zero attached hydrogens (tertiary/aromatic N) is 1. The Hall–Kier alpha value is -5.20. The van der Waals surface area contributed by atoms with Gasteiger partial charge in [0.15, 0.2) is 0 Å². The molecule has 2 aliphatic heterocycles. The molecule has 0 fully saturated rings. The van der Waals surface area contributed by atoms with Crippen molar-refractivity contribution in [2.24, 2.45) is 0 Å². The molecule has 0 unspecified atom stereocenters. The van der Waals surface area contributed by atoms with Crippen LogP contribution in [0.3, 0.4) is 0 Å². The average Bonchev–Trinajstić information content (AvgIpc) is 3.48. The van der Waals surface area contributed by atoms with Crippen molar-refractivity contribution >= 4 is 0 Å². The van der Waals surface area contributed by atoms with Gasteiger partial charge in [-0.2, -0.15) is 0 Å². The maximum Gasteiger partial charge on any atom is 0.141 e. The first-order valence-corrected chi connectivity index (χ1v) is 24.0. The lowest BCUT2D eigenvalue weighted by atomic mass is 9.73. The van der Waals surface area contributed by atoms with Crippen molar-refractivity contribution < 1.29 is 24.2 Å². The van der Waals surface area contributed by atoms with Crippen LogP contribution >= 0.6 is 0 Å². The van der Waals surface area contributed by atoms with Crippen molar-refractivity contribution in [1.29, 1.82) is 0 Å². The molecular formula is C58H68NO4+.